The molecule has 0 heterocycles. The molecule has 2 aromatic carbocycles. The van der Waals surface area contributed by atoms with Crippen LogP contribution < -0.4 is 10.1 Å². The van der Waals surface area contributed by atoms with Gasteiger partial charge in [0.15, 0.2) is 0 Å². The normalized spacial score (nSPS) is 11.7. The van der Waals surface area contributed by atoms with Gasteiger partial charge < -0.3 is 10.1 Å². The molecule has 0 fully saturated rings. The summed E-state index contributed by atoms with van der Waals surface area (Å²) in [4.78, 5) is 12.0. The Hall–Kier alpha value is -2.29. The minimum absolute atomic E-state index is 0.0366. The van der Waals surface area contributed by atoms with Gasteiger partial charge in [-0.05, 0) is 36.6 Å². The zero-order chi connectivity index (χ0) is 15.1. The summed E-state index contributed by atoms with van der Waals surface area (Å²) < 4.78 is 5.12. The lowest BCUT2D eigenvalue weighted by Crippen LogP contribution is -2.26. The van der Waals surface area contributed by atoms with Crippen molar-refractivity contribution in [1.29, 1.82) is 0 Å². The number of methoxy groups -OCH3 is 1. The highest BCUT2D eigenvalue weighted by Crippen LogP contribution is 2.14. The summed E-state index contributed by atoms with van der Waals surface area (Å²) in [6.07, 6.45) is 1.22. The monoisotopic (exact) mass is 283 g/mol. The van der Waals surface area contributed by atoms with Crippen molar-refractivity contribution in [2.75, 3.05) is 7.11 Å². The van der Waals surface area contributed by atoms with Gasteiger partial charge in [-0.15, -0.1) is 0 Å². The smallest absolute Gasteiger partial charge is 0.220 e. The van der Waals surface area contributed by atoms with E-state index in [0.717, 1.165) is 23.3 Å². The first-order valence-corrected chi connectivity index (χ1v) is 7.16. The molecule has 110 valence electrons. The first-order chi connectivity index (χ1) is 10.2. The third-order valence-electron chi connectivity index (χ3n) is 3.48. The molecule has 3 nitrogen and oxygen atoms in total. The predicted octanol–water partition coefficient (Wildman–Crippen LogP) is 3.51. The van der Waals surface area contributed by atoms with Crippen molar-refractivity contribution in [3.63, 3.8) is 0 Å². The van der Waals surface area contributed by atoms with Crippen LogP contribution in [-0.2, 0) is 11.2 Å². The molecule has 0 aromatic heterocycles. The number of ether oxygens (including phenoxy) is 1. The molecule has 0 bridgehead atoms. The lowest BCUT2D eigenvalue weighted by molar-refractivity contribution is -0.121. The quantitative estimate of drug-likeness (QED) is 0.881. The van der Waals surface area contributed by atoms with Gasteiger partial charge in [0.2, 0.25) is 5.91 Å². The first-order valence-electron chi connectivity index (χ1n) is 7.16. The molecular weight excluding hydrogens is 262 g/mol. The van der Waals surface area contributed by atoms with Gasteiger partial charge in [-0.3, -0.25) is 4.79 Å². The Morgan fingerprint density at radius 1 is 1.10 bits per heavy atom. The Labute approximate surface area is 126 Å². The second-order valence-electron chi connectivity index (χ2n) is 5.05. The first kappa shape index (κ1) is 15.1. The van der Waals surface area contributed by atoms with Crippen LogP contribution >= 0.6 is 0 Å². The van der Waals surface area contributed by atoms with E-state index in [4.69, 9.17) is 4.74 Å². The summed E-state index contributed by atoms with van der Waals surface area (Å²) in [5.74, 6) is 0.906. The number of benzene rings is 2. The van der Waals surface area contributed by atoms with Crippen molar-refractivity contribution >= 4 is 5.91 Å². The van der Waals surface area contributed by atoms with Crippen molar-refractivity contribution < 1.29 is 9.53 Å². The standard InChI is InChI=1S/C18H21NO2/c1-14(16-6-4-3-5-7-16)19-18(20)13-10-15-8-11-17(21-2)12-9-15/h3-9,11-12,14H,10,13H2,1-2H3,(H,19,20). The van der Waals surface area contributed by atoms with E-state index < -0.39 is 0 Å². The van der Waals surface area contributed by atoms with Crippen molar-refractivity contribution in [2.24, 2.45) is 0 Å². The van der Waals surface area contributed by atoms with E-state index in [1.165, 1.54) is 0 Å². The van der Waals surface area contributed by atoms with Gasteiger partial charge in [0.1, 0.15) is 5.75 Å². The summed E-state index contributed by atoms with van der Waals surface area (Å²) in [7, 11) is 1.65. The molecule has 2 rings (SSSR count). The number of carbonyl (C=O) groups excluding carboxylic acids is 1. The van der Waals surface area contributed by atoms with Gasteiger partial charge in [0, 0.05) is 6.42 Å². The van der Waals surface area contributed by atoms with Crippen LogP contribution in [0.15, 0.2) is 54.6 Å². The summed E-state index contributed by atoms with van der Waals surface area (Å²) >= 11 is 0. The van der Waals surface area contributed by atoms with Gasteiger partial charge >= 0.3 is 0 Å². The maximum absolute atomic E-state index is 12.0. The fourth-order valence-corrected chi connectivity index (χ4v) is 2.19. The predicted molar refractivity (Wildman–Crippen MR) is 84.3 cm³/mol. The molecule has 0 aliphatic heterocycles. The molecule has 21 heavy (non-hydrogen) atoms. The van der Waals surface area contributed by atoms with Gasteiger partial charge in [0.05, 0.1) is 13.2 Å². The average Bonchev–Trinajstić information content (AvgIpc) is 2.54. The Kier molecular flexibility index (Phi) is 5.38. The highest BCUT2D eigenvalue weighted by molar-refractivity contribution is 5.76. The number of amides is 1. The molecule has 0 radical (unpaired) electrons. The molecule has 1 amide bonds. The zero-order valence-corrected chi connectivity index (χ0v) is 12.5. The largest absolute Gasteiger partial charge is 0.497 e. The molecule has 1 unspecified atom stereocenters. The van der Waals surface area contributed by atoms with Crippen LogP contribution in [0.3, 0.4) is 0 Å². The van der Waals surface area contributed by atoms with Gasteiger partial charge in [-0.2, -0.15) is 0 Å². The topological polar surface area (TPSA) is 38.3 Å². The minimum Gasteiger partial charge on any atom is -0.497 e. The molecule has 1 atom stereocenters. The zero-order valence-electron chi connectivity index (χ0n) is 12.5. The van der Waals surface area contributed by atoms with E-state index in [0.29, 0.717) is 6.42 Å². The van der Waals surface area contributed by atoms with Crippen molar-refractivity contribution in [3.05, 3.63) is 65.7 Å². The maximum Gasteiger partial charge on any atom is 0.220 e. The van der Waals surface area contributed by atoms with Gasteiger partial charge in [0.25, 0.3) is 0 Å². The molecule has 2 aromatic rings. The van der Waals surface area contributed by atoms with E-state index in [-0.39, 0.29) is 11.9 Å². The average molecular weight is 283 g/mol. The highest BCUT2D eigenvalue weighted by atomic mass is 16.5. The van der Waals surface area contributed by atoms with Crippen LogP contribution in [0.1, 0.15) is 30.5 Å². The summed E-state index contributed by atoms with van der Waals surface area (Å²) in [6.45, 7) is 2.00. The van der Waals surface area contributed by atoms with Crippen LogP contribution in [0.2, 0.25) is 0 Å². The van der Waals surface area contributed by atoms with Crippen molar-refractivity contribution in [2.45, 2.75) is 25.8 Å². The summed E-state index contributed by atoms with van der Waals surface area (Å²) in [5.41, 5.74) is 2.26. The third kappa shape index (κ3) is 4.63. The van der Waals surface area contributed by atoms with E-state index in [1.807, 2.05) is 61.5 Å². The molecule has 0 saturated carbocycles. The number of hydrogen-bond acceptors (Lipinski definition) is 2. The van der Waals surface area contributed by atoms with Crippen molar-refractivity contribution in [1.82, 2.24) is 5.32 Å². The lowest BCUT2D eigenvalue weighted by Gasteiger charge is -2.14. The number of aryl methyl sites for hydroxylation is 1. The lowest BCUT2D eigenvalue weighted by atomic mass is 10.1. The molecule has 0 aliphatic rings. The highest BCUT2D eigenvalue weighted by Gasteiger charge is 2.09. The van der Waals surface area contributed by atoms with E-state index in [2.05, 4.69) is 5.32 Å². The fraction of sp³-hybridized carbons (Fsp3) is 0.278. The van der Waals surface area contributed by atoms with Crippen LogP contribution in [0, 0.1) is 0 Å². The van der Waals surface area contributed by atoms with Crippen LogP contribution in [-0.4, -0.2) is 13.0 Å². The fourth-order valence-electron chi connectivity index (χ4n) is 2.19. The second kappa shape index (κ2) is 7.48. The molecule has 3 heteroatoms. The number of rotatable bonds is 6. The molecule has 0 aliphatic carbocycles. The maximum atomic E-state index is 12.0. The molecule has 1 N–H and O–H groups in total. The third-order valence-corrected chi connectivity index (χ3v) is 3.48. The Balaban J connectivity index is 1.81. The van der Waals surface area contributed by atoms with Gasteiger partial charge in [-0.25, -0.2) is 0 Å². The van der Waals surface area contributed by atoms with E-state index in [9.17, 15) is 4.79 Å². The van der Waals surface area contributed by atoms with Gasteiger partial charge in [-0.1, -0.05) is 42.5 Å². The number of nitrogens with one attached hydrogen (secondary N) is 1. The summed E-state index contributed by atoms with van der Waals surface area (Å²) in [5, 5.41) is 3.03. The SMILES string of the molecule is COc1ccc(CCC(=O)NC(C)c2ccccc2)cc1. The molecule has 0 spiro atoms. The minimum atomic E-state index is 0.0366. The second-order valence-corrected chi connectivity index (χ2v) is 5.05. The van der Waals surface area contributed by atoms with Crippen LogP contribution in [0.25, 0.3) is 0 Å². The number of carbonyl (C=O) groups is 1. The van der Waals surface area contributed by atoms with Crippen LogP contribution in [0.5, 0.6) is 5.75 Å². The van der Waals surface area contributed by atoms with E-state index in [1.54, 1.807) is 7.11 Å². The number of hydrogen-bond donors (Lipinski definition) is 1. The summed E-state index contributed by atoms with van der Waals surface area (Å²) in [6, 6.07) is 17.8. The molecular formula is C18H21NO2. The van der Waals surface area contributed by atoms with Crippen molar-refractivity contribution in [3.8, 4) is 5.75 Å². The van der Waals surface area contributed by atoms with Crippen LogP contribution in [0.4, 0.5) is 0 Å². The Bertz CT molecular complexity index is 564. The Morgan fingerprint density at radius 3 is 2.38 bits per heavy atom. The Morgan fingerprint density at radius 2 is 1.76 bits per heavy atom. The van der Waals surface area contributed by atoms with E-state index >= 15 is 0 Å². The molecule has 0 saturated heterocycles.